The largest absolute Gasteiger partial charge is 0.513 e. The van der Waals surface area contributed by atoms with Crippen LogP contribution in [0.25, 0.3) is 0 Å². The minimum atomic E-state index is -0.000587. The predicted octanol–water partition coefficient (Wildman–Crippen LogP) is 2.85. The molecule has 0 bridgehead atoms. The van der Waals surface area contributed by atoms with Crippen molar-refractivity contribution in [2.24, 2.45) is 0 Å². The van der Waals surface area contributed by atoms with Crippen LogP contribution in [0, 0.1) is 0 Å². The lowest BCUT2D eigenvalue weighted by Gasteiger charge is -2.01. The van der Waals surface area contributed by atoms with E-state index < -0.39 is 0 Å². The number of carbonyl (C=O) groups is 3. The van der Waals surface area contributed by atoms with Crippen molar-refractivity contribution < 1.29 is 19.5 Å². The van der Waals surface area contributed by atoms with E-state index in [2.05, 4.69) is 6.58 Å². The Labute approximate surface area is 113 Å². The lowest BCUT2D eigenvalue weighted by Crippen LogP contribution is -1.92. The van der Waals surface area contributed by atoms with Gasteiger partial charge in [-0.2, -0.15) is 0 Å². The summed E-state index contributed by atoms with van der Waals surface area (Å²) in [6, 6.07) is 0. The fraction of sp³-hybridized carbons (Fsp3) is 0.400. The number of hydrogen-bond acceptors (Lipinski definition) is 4. The molecule has 0 saturated carbocycles. The Morgan fingerprint density at radius 1 is 0.947 bits per heavy atom. The summed E-state index contributed by atoms with van der Waals surface area (Å²) in [6.07, 6.45) is 8.81. The summed E-state index contributed by atoms with van der Waals surface area (Å²) >= 11 is 0. The van der Waals surface area contributed by atoms with Crippen molar-refractivity contribution in [3.05, 3.63) is 35.6 Å². The molecule has 0 spiro atoms. The van der Waals surface area contributed by atoms with E-state index in [0.717, 1.165) is 25.3 Å². The number of aliphatic hydroxyl groups excluding tert-OH is 1. The van der Waals surface area contributed by atoms with Gasteiger partial charge >= 0.3 is 0 Å². The van der Waals surface area contributed by atoms with E-state index in [-0.39, 0.29) is 12.2 Å². The predicted molar refractivity (Wildman–Crippen MR) is 73.8 cm³/mol. The van der Waals surface area contributed by atoms with E-state index in [1.165, 1.54) is 0 Å². The van der Waals surface area contributed by atoms with Crippen molar-refractivity contribution in [2.45, 2.75) is 38.5 Å². The van der Waals surface area contributed by atoms with Gasteiger partial charge in [-0.15, -0.1) is 0 Å². The molecule has 0 aliphatic carbocycles. The highest BCUT2D eigenvalue weighted by atomic mass is 16.3. The van der Waals surface area contributed by atoms with Gasteiger partial charge in [-0.1, -0.05) is 18.7 Å². The average molecular weight is 264 g/mol. The van der Waals surface area contributed by atoms with Crippen molar-refractivity contribution in [1.29, 1.82) is 0 Å². The molecule has 0 amide bonds. The first-order valence-electron chi connectivity index (χ1n) is 6.22. The summed E-state index contributed by atoms with van der Waals surface area (Å²) in [7, 11) is 0. The van der Waals surface area contributed by atoms with Gasteiger partial charge in [0.05, 0.1) is 5.76 Å². The highest BCUT2D eigenvalue weighted by Crippen LogP contribution is 2.12. The Balaban J connectivity index is 4.26. The molecule has 0 aromatic carbocycles. The third-order valence-corrected chi connectivity index (χ3v) is 2.54. The number of aliphatic hydroxyl groups is 1. The summed E-state index contributed by atoms with van der Waals surface area (Å²) in [5.41, 5.74) is 1.16. The Morgan fingerprint density at radius 3 is 2.00 bits per heavy atom. The van der Waals surface area contributed by atoms with Gasteiger partial charge in [0.1, 0.15) is 18.9 Å². The smallest absolute Gasteiger partial charge is 0.145 e. The standard InChI is InChI=1S/C15H20O4/c1-13(19)6-7-15(12-18)9-8-14(11-17)5-3-2-4-10-16/h5,7,10-12,19H,1-4,6,8-9H2/b14-5?,15-7-. The molecule has 0 heterocycles. The van der Waals surface area contributed by atoms with Crippen LogP contribution in [0.1, 0.15) is 38.5 Å². The molecule has 0 unspecified atom stereocenters. The van der Waals surface area contributed by atoms with Crippen LogP contribution < -0.4 is 0 Å². The van der Waals surface area contributed by atoms with Crippen LogP contribution in [0.4, 0.5) is 0 Å². The first-order valence-corrected chi connectivity index (χ1v) is 6.22. The second-order valence-electron chi connectivity index (χ2n) is 4.16. The highest BCUT2D eigenvalue weighted by molar-refractivity contribution is 5.75. The molecular formula is C15H20O4. The Morgan fingerprint density at radius 2 is 1.53 bits per heavy atom. The fourth-order valence-electron chi connectivity index (χ4n) is 1.44. The van der Waals surface area contributed by atoms with Crippen LogP contribution in [0.5, 0.6) is 0 Å². The van der Waals surface area contributed by atoms with Crippen LogP contribution in [0.3, 0.4) is 0 Å². The number of aldehydes is 3. The Hall–Kier alpha value is -1.97. The quantitative estimate of drug-likeness (QED) is 0.269. The number of carbonyl (C=O) groups excluding carboxylic acids is 3. The first-order chi connectivity index (χ1) is 9.13. The topological polar surface area (TPSA) is 71.4 Å². The van der Waals surface area contributed by atoms with Crippen LogP contribution in [-0.2, 0) is 14.4 Å². The van der Waals surface area contributed by atoms with Gasteiger partial charge in [-0.05, 0) is 36.8 Å². The SMILES string of the molecule is C=C(O)C/C=C(\C=O)CCC(C=O)=CCCCC=O. The molecule has 19 heavy (non-hydrogen) atoms. The third kappa shape index (κ3) is 9.71. The molecule has 4 heteroatoms. The maximum atomic E-state index is 10.8. The molecule has 0 saturated heterocycles. The average Bonchev–Trinajstić information content (AvgIpc) is 2.40. The number of unbranched alkanes of at least 4 members (excludes halogenated alkanes) is 2. The molecule has 1 N–H and O–H groups in total. The zero-order valence-electron chi connectivity index (χ0n) is 11.0. The van der Waals surface area contributed by atoms with Crippen molar-refractivity contribution in [3.63, 3.8) is 0 Å². The highest BCUT2D eigenvalue weighted by Gasteiger charge is 2.00. The molecule has 104 valence electrons. The number of hydrogen-bond donors (Lipinski definition) is 1. The van der Waals surface area contributed by atoms with Crippen molar-refractivity contribution in [2.75, 3.05) is 0 Å². The van der Waals surface area contributed by atoms with E-state index in [9.17, 15) is 14.4 Å². The normalized spacial score (nSPS) is 12.0. The van der Waals surface area contributed by atoms with Crippen LogP contribution in [-0.4, -0.2) is 24.0 Å². The van der Waals surface area contributed by atoms with Crippen molar-refractivity contribution >= 4 is 18.9 Å². The lowest BCUT2D eigenvalue weighted by atomic mass is 10.0. The molecule has 0 aliphatic rings. The minimum Gasteiger partial charge on any atom is -0.513 e. The maximum Gasteiger partial charge on any atom is 0.145 e. The molecule has 0 rings (SSSR count). The van der Waals surface area contributed by atoms with Crippen molar-refractivity contribution in [1.82, 2.24) is 0 Å². The fourth-order valence-corrected chi connectivity index (χ4v) is 1.44. The zero-order valence-corrected chi connectivity index (χ0v) is 11.0. The van der Waals surface area contributed by atoms with Crippen LogP contribution in [0.15, 0.2) is 35.6 Å². The molecule has 4 nitrogen and oxygen atoms in total. The van der Waals surface area contributed by atoms with E-state index >= 15 is 0 Å². The van der Waals surface area contributed by atoms with E-state index in [4.69, 9.17) is 5.11 Å². The van der Waals surface area contributed by atoms with E-state index in [0.29, 0.717) is 36.8 Å². The van der Waals surface area contributed by atoms with E-state index in [1.807, 2.05) is 0 Å². The number of rotatable bonds is 11. The van der Waals surface area contributed by atoms with Gasteiger partial charge in [0, 0.05) is 12.8 Å². The Kier molecular flexibility index (Phi) is 9.98. The first kappa shape index (κ1) is 17.0. The van der Waals surface area contributed by atoms with Crippen LogP contribution >= 0.6 is 0 Å². The monoisotopic (exact) mass is 264 g/mol. The molecule has 0 aliphatic heterocycles. The summed E-state index contributed by atoms with van der Waals surface area (Å²) in [5, 5.41) is 8.94. The molecule has 0 atom stereocenters. The van der Waals surface area contributed by atoms with E-state index in [1.54, 1.807) is 12.2 Å². The van der Waals surface area contributed by atoms with Gasteiger partial charge in [-0.3, -0.25) is 9.59 Å². The third-order valence-electron chi connectivity index (χ3n) is 2.54. The molecule has 0 radical (unpaired) electrons. The summed E-state index contributed by atoms with van der Waals surface area (Å²) in [4.78, 5) is 31.8. The molecule has 0 aromatic rings. The molecular weight excluding hydrogens is 244 g/mol. The number of allylic oxidation sites excluding steroid dienone is 4. The minimum absolute atomic E-state index is 0.000587. The zero-order chi connectivity index (χ0) is 14.5. The van der Waals surface area contributed by atoms with Gasteiger partial charge in [0.25, 0.3) is 0 Å². The second kappa shape index (κ2) is 11.1. The van der Waals surface area contributed by atoms with Gasteiger partial charge in [-0.25, -0.2) is 0 Å². The van der Waals surface area contributed by atoms with Crippen molar-refractivity contribution in [3.8, 4) is 0 Å². The molecule has 0 fully saturated rings. The van der Waals surface area contributed by atoms with Gasteiger partial charge in [0.2, 0.25) is 0 Å². The second-order valence-corrected chi connectivity index (χ2v) is 4.16. The lowest BCUT2D eigenvalue weighted by molar-refractivity contribution is -0.108. The summed E-state index contributed by atoms with van der Waals surface area (Å²) in [6.45, 7) is 3.33. The maximum absolute atomic E-state index is 10.8. The molecule has 0 aromatic heterocycles. The van der Waals surface area contributed by atoms with Gasteiger partial charge < -0.3 is 9.90 Å². The van der Waals surface area contributed by atoms with Gasteiger partial charge in [0.15, 0.2) is 0 Å². The summed E-state index contributed by atoms with van der Waals surface area (Å²) < 4.78 is 0. The summed E-state index contributed by atoms with van der Waals surface area (Å²) in [5.74, 6) is -0.000587. The Bertz CT molecular complexity index is 378. The van der Waals surface area contributed by atoms with Crippen LogP contribution in [0.2, 0.25) is 0 Å².